The summed E-state index contributed by atoms with van der Waals surface area (Å²) < 4.78 is 73.3. The number of carbonyl (C=O) groups excluding carboxylic acids is 2. The molecule has 0 aliphatic carbocycles. The molecule has 2 aromatic carbocycles. The molecule has 13 heteroatoms. The van der Waals surface area contributed by atoms with E-state index in [0.717, 1.165) is 23.2 Å². The zero-order valence-electron chi connectivity index (χ0n) is 18.3. The first-order valence-electron chi connectivity index (χ1n) is 10.1. The maximum absolute atomic E-state index is 13.1. The summed E-state index contributed by atoms with van der Waals surface area (Å²) in [6.07, 6.45) is -4.68. The second-order valence-electron chi connectivity index (χ2n) is 7.58. The lowest BCUT2D eigenvalue weighted by Crippen LogP contribution is -2.42. The van der Waals surface area contributed by atoms with Crippen LogP contribution in [0.3, 0.4) is 0 Å². The van der Waals surface area contributed by atoms with Crippen LogP contribution in [-0.2, 0) is 15.7 Å². The Kier molecular flexibility index (Phi) is 7.53. The minimum atomic E-state index is -4.68. The van der Waals surface area contributed by atoms with Crippen molar-refractivity contribution >= 4 is 35.0 Å². The largest absolute Gasteiger partial charge is 0.465 e. The second kappa shape index (κ2) is 10.1. The molecule has 1 aliphatic heterocycles. The van der Waals surface area contributed by atoms with Gasteiger partial charge in [0.05, 0.1) is 29.4 Å². The van der Waals surface area contributed by atoms with E-state index in [1.54, 1.807) is 6.92 Å². The van der Waals surface area contributed by atoms with E-state index in [9.17, 15) is 31.5 Å². The van der Waals surface area contributed by atoms with Gasteiger partial charge in [0.15, 0.2) is 0 Å². The molecule has 1 N–H and O–H groups in total. The number of urea groups is 1. The van der Waals surface area contributed by atoms with Crippen LogP contribution in [0.15, 0.2) is 47.6 Å². The van der Waals surface area contributed by atoms with Gasteiger partial charge in [-0.3, -0.25) is 4.79 Å². The smallest absolute Gasteiger partial charge is 0.417 e. The van der Waals surface area contributed by atoms with Crippen molar-refractivity contribution in [2.45, 2.75) is 26.6 Å². The van der Waals surface area contributed by atoms with E-state index in [-0.39, 0.29) is 35.9 Å². The summed E-state index contributed by atoms with van der Waals surface area (Å²) in [7, 11) is 0. The number of anilines is 1. The quantitative estimate of drug-likeness (QED) is 0.387. The van der Waals surface area contributed by atoms with E-state index >= 15 is 0 Å². The number of hydrazone groups is 1. The Labute approximate surface area is 201 Å². The molecule has 0 saturated heterocycles. The minimum Gasteiger partial charge on any atom is -0.465 e. The van der Waals surface area contributed by atoms with Crippen molar-refractivity contribution in [3.63, 3.8) is 0 Å². The summed E-state index contributed by atoms with van der Waals surface area (Å²) >= 11 is 5.84. The number of halogens is 6. The van der Waals surface area contributed by atoms with Gasteiger partial charge in [0, 0.05) is 11.3 Å². The molecule has 0 aromatic heterocycles. The molecule has 1 heterocycles. The zero-order chi connectivity index (χ0) is 26.0. The van der Waals surface area contributed by atoms with Crippen molar-refractivity contribution in [2.75, 3.05) is 18.5 Å². The van der Waals surface area contributed by atoms with Crippen molar-refractivity contribution < 1.29 is 41.0 Å². The van der Waals surface area contributed by atoms with Crippen LogP contribution in [0.5, 0.6) is 5.75 Å². The number of hydrogen-bond acceptors (Lipinski definition) is 5. The van der Waals surface area contributed by atoms with E-state index in [1.807, 2.05) is 0 Å². The maximum Gasteiger partial charge on any atom is 0.417 e. The number of rotatable bonds is 6. The van der Waals surface area contributed by atoms with Crippen molar-refractivity contribution in [1.29, 1.82) is 0 Å². The molecule has 35 heavy (non-hydrogen) atoms. The molecule has 2 aromatic rings. The van der Waals surface area contributed by atoms with Crippen LogP contribution in [0.2, 0.25) is 5.02 Å². The van der Waals surface area contributed by atoms with Gasteiger partial charge in [-0.1, -0.05) is 17.7 Å². The number of amides is 2. The van der Waals surface area contributed by atoms with E-state index < -0.39 is 40.8 Å². The standard InChI is InChI=1S/C22H19ClF5N3O4/c1-3-34-18(32)21(2)11-31(20(33)29-13-5-7-14(8-6-13)35-19(24)25)30-17(21)12-4-9-15(16(23)10-12)22(26,27)28/h4-10,19H,3,11H2,1-2H3,(H,29,33). The maximum atomic E-state index is 13.1. The molecule has 1 unspecified atom stereocenters. The highest BCUT2D eigenvalue weighted by molar-refractivity contribution is 6.32. The average Bonchev–Trinajstić information content (AvgIpc) is 3.13. The van der Waals surface area contributed by atoms with Gasteiger partial charge in [-0.15, -0.1) is 0 Å². The molecule has 1 atom stereocenters. The Morgan fingerprint density at radius 1 is 1.20 bits per heavy atom. The van der Waals surface area contributed by atoms with Gasteiger partial charge in [-0.05, 0) is 50.2 Å². The highest BCUT2D eigenvalue weighted by atomic mass is 35.5. The highest BCUT2D eigenvalue weighted by Crippen LogP contribution is 2.38. The molecule has 0 bridgehead atoms. The molecule has 7 nitrogen and oxygen atoms in total. The molecule has 3 rings (SSSR count). The molecule has 2 amide bonds. The summed E-state index contributed by atoms with van der Waals surface area (Å²) in [6, 6.07) is 7.17. The van der Waals surface area contributed by atoms with Crippen LogP contribution in [-0.4, -0.2) is 42.5 Å². The number of nitrogens with one attached hydrogen (secondary N) is 1. The fourth-order valence-corrected chi connectivity index (χ4v) is 3.67. The number of alkyl halides is 5. The van der Waals surface area contributed by atoms with Crippen LogP contribution in [0, 0.1) is 5.41 Å². The number of ether oxygens (including phenoxy) is 2. The lowest BCUT2D eigenvalue weighted by Gasteiger charge is -2.24. The fourth-order valence-electron chi connectivity index (χ4n) is 3.39. The van der Waals surface area contributed by atoms with Crippen molar-refractivity contribution in [1.82, 2.24) is 5.01 Å². The van der Waals surface area contributed by atoms with Crippen LogP contribution >= 0.6 is 11.6 Å². The van der Waals surface area contributed by atoms with Gasteiger partial charge in [0.2, 0.25) is 0 Å². The molecule has 0 radical (unpaired) electrons. The van der Waals surface area contributed by atoms with Crippen LogP contribution in [0.25, 0.3) is 0 Å². The Bertz CT molecular complexity index is 1140. The van der Waals surface area contributed by atoms with Crippen molar-refractivity contribution in [3.8, 4) is 5.75 Å². The van der Waals surface area contributed by atoms with E-state index in [2.05, 4.69) is 15.2 Å². The summed E-state index contributed by atoms with van der Waals surface area (Å²) in [5, 5.41) is 6.99. The first-order chi connectivity index (χ1) is 16.3. The summed E-state index contributed by atoms with van der Waals surface area (Å²) in [5.74, 6) is -0.855. The first-order valence-corrected chi connectivity index (χ1v) is 10.5. The Morgan fingerprint density at radius 3 is 2.40 bits per heavy atom. The van der Waals surface area contributed by atoms with Gasteiger partial charge >= 0.3 is 24.8 Å². The number of esters is 1. The minimum absolute atomic E-state index is 0.0117. The number of carbonyl (C=O) groups is 2. The van der Waals surface area contributed by atoms with Crippen LogP contribution < -0.4 is 10.1 Å². The predicted molar refractivity (Wildman–Crippen MR) is 117 cm³/mol. The third-order valence-corrected chi connectivity index (χ3v) is 5.36. The van der Waals surface area contributed by atoms with Crippen molar-refractivity contribution in [2.24, 2.45) is 10.5 Å². The Morgan fingerprint density at radius 2 is 1.86 bits per heavy atom. The van der Waals surface area contributed by atoms with Gasteiger partial charge in [-0.2, -0.15) is 27.1 Å². The first kappa shape index (κ1) is 26.2. The predicted octanol–water partition coefficient (Wildman–Crippen LogP) is 5.78. The Balaban J connectivity index is 1.90. The van der Waals surface area contributed by atoms with Crippen LogP contribution in [0.4, 0.5) is 32.4 Å². The van der Waals surface area contributed by atoms with Gasteiger partial charge < -0.3 is 14.8 Å². The average molecular weight is 520 g/mol. The van der Waals surface area contributed by atoms with Crippen LogP contribution in [0.1, 0.15) is 25.0 Å². The molecule has 188 valence electrons. The third kappa shape index (κ3) is 5.81. The molecular weight excluding hydrogens is 501 g/mol. The van der Waals surface area contributed by atoms with Gasteiger partial charge in [-0.25, -0.2) is 9.80 Å². The fraction of sp³-hybridized carbons (Fsp3) is 0.318. The van der Waals surface area contributed by atoms with E-state index in [4.69, 9.17) is 16.3 Å². The summed E-state index contributed by atoms with van der Waals surface area (Å²) in [6.45, 7) is -0.243. The van der Waals surface area contributed by atoms with E-state index in [0.29, 0.717) is 0 Å². The highest BCUT2D eigenvalue weighted by Gasteiger charge is 2.49. The monoisotopic (exact) mass is 519 g/mol. The zero-order valence-corrected chi connectivity index (χ0v) is 19.1. The van der Waals surface area contributed by atoms with E-state index in [1.165, 1.54) is 31.2 Å². The summed E-state index contributed by atoms with van der Waals surface area (Å²) in [4.78, 5) is 25.6. The second-order valence-corrected chi connectivity index (χ2v) is 7.99. The molecule has 0 saturated carbocycles. The number of hydrogen-bond donors (Lipinski definition) is 1. The molecule has 1 aliphatic rings. The summed E-state index contributed by atoms with van der Waals surface area (Å²) in [5.41, 5.74) is -2.26. The molecule has 0 spiro atoms. The SMILES string of the molecule is CCOC(=O)C1(C)CN(C(=O)Nc2ccc(OC(F)F)cc2)N=C1c1ccc(C(F)(F)F)c(Cl)c1. The Hall–Kier alpha value is -3.41. The van der Waals surface area contributed by atoms with Gasteiger partial charge in [0.25, 0.3) is 0 Å². The molecule has 0 fully saturated rings. The lowest BCUT2D eigenvalue weighted by molar-refractivity contribution is -0.150. The normalized spacial score (nSPS) is 17.9. The lowest BCUT2D eigenvalue weighted by atomic mass is 9.82. The van der Waals surface area contributed by atoms with Crippen molar-refractivity contribution in [3.05, 3.63) is 58.6 Å². The number of nitrogens with zero attached hydrogens (tertiary/aromatic N) is 2. The topological polar surface area (TPSA) is 80.2 Å². The van der Waals surface area contributed by atoms with Gasteiger partial charge in [0.1, 0.15) is 11.2 Å². The molecular formula is C22H19ClF5N3O4. The number of benzene rings is 2. The third-order valence-electron chi connectivity index (χ3n) is 5.05.